The van der Waals surface area contributed by atoms with Gasteiger partial charge in [-0.25, -0.2) is 0 Å². The predicted octanol–water partition coefficient (Wildman–Crippen LogP) is 2.32. The summed E-state index contributed by atoms with van der Waals surface area (Å²) in [4.78, 5) is 12.0. The van der Waals surface area contributed by atoms with Crippen LogP contribution in [0.15, 0.2) is 22.7 Å². The number of nitrogens with two attached hydrogens (primary N) is 1. The van der Waals surface area contributed by atoms with Gasteiger partial charge in [0.15, 0.2) is 0 Å². The molecule has 0 radical (unpaired) electrons. The van der Waals surface area contributed by atoms with Gasteiger partial charge in [0.2, 0.25) is 0 Å². The molecule has 0 aliphatic heterocycles. The molecule has 0 aliphatic rings. The molecule has 0 fully saturated rings. The van der Waals surface area contributed by atoms with Gasteiger partial charge in [-0.05, 0) is 24.6 Å². The van der Waals surface area contributed by atoms with Crippen LogP contribution in [0.2, 0.25) is 0 Å². The highest BCUT2D eigenvalue weighted by atomic mass is 79.9. The van der Waals surface area contributed by atoms with Crippen molar-refractivity contribution in [3.63, 3.8) is 0 Å². The molecule has 0 aliphatic carbocycles. The van der Waals surface area contributed by atoms with Crippen LogP contribution in [-0.2, 0) is 0 Å². The van der Waals surface area contributed by atoms with E-state index >= 15 is 0 Å². The number of nitrogens with zero attached hydrogens (tertiary/aromatic N) is 1. The molecule has 1 heterocycles. The number of amides is 1. The molecule has 2 rings (SSSR count). The first-order valence-electron chi connectivity index (χ1n) is 5.47. The number of rotatable bonds is 3. The Morgan fingerprint density at radius 3 is 2.79 bits per heavy atom. The van der Waals surface area contributed by atoms with E-state index in [1.165, 1.54) is 6.07 Å². The molecule has 19 heavy (non-hydrogen) atoms. The fourth-order valence-corrected chi connectivity index (χ4v) is 2.22. The van der Waals surface area contributed by atoms with Gasteiger partial charge in [-0.15, -0.1) is 0 Å². The number of anilines is 2. The van der Waals surface area contributed by atoms with E-state index in [1.807, 2.05) is 13.0 Å². The van der Waals surface area contributed by atoms with Gasteiger partial charge in [0.1, 0.15) is 17.3 Å². The van der Waals surface area contributed by atoms with Crippen LogP contribution in [0.5, 0.6) is 5.75 Å². The Morgan fingerprint density at radius 2 is 2.21 bits per heavy atom. The summed E-state index contributed by atoms with van der Waals surface area (Å²) < 4.78 is 6.13. The van der Waals surface area contributed by atoms with Crippen molar-refractivity contribution in [2.24, 2.45) is 0 Å². The average Bonchev–Trinajstić information content (AvgIpc) is 2.78. The number of nitrogens with one attached hydrogen (secondary N) is 2. The highest BCUT2D eigenvalue weighted by molar-refractivity contribution is 9.10. The number of ether oxygens (including phenoxy) is 1. The summed E-state index contributed by atoms with van der Waals surface area (Å²) in [6.07, 6.45) is 0. The molecule has 7 heteroatoms. The number of methoxy groups -OCH3 is 1. The lowest BCUT2D eigenvalue weighted by Gasteiger charge is -2.13. The van der Waals surface area contributed by atoms with E-state index in [9.17, 15) is 4.79 Å². The van der Waals surface area contributed by atoms with Gasteiger partial charge in [0, 0.05) is 10.5 Å². The summed E-state index contributed by atoms with van der Waals surface area (Å²) in [6, 6.07) is 5.14. The predicted molar refractivity (Wildman–Crippen MR) is 76.4 cm³/mol. The summed E-state index contributed by atoms with van der Waals surface area (Å²) in [6.45, 7) is 1.88. The van der Waals surface area contributed by atoms with Crippen LogP contribution in [0.4, 0.5) is 11.5 Å². The van der Waals surface area contributed by atoms with Crippen LogP contribution in [0.1, 0.15) is 16.1 Å². The first kappa shape index (κ1) is 13.4. The quantitative estimate of drug-likeness (QED) is 0.807. The summed E-state index contributed by atoms with van der Waals surface area (Å²) >= 11 is 3.38. The van der Waals surface area contributed by atoms with E-state index in [2.05, 4.69) is 31.4 Å². The Hall–Kier alpha value is -2.02. The van der Waals surface area contributed by atoms with Gasteiger partial charge in [0.25, 0.3) is 5.91 Å². The lowest BCUT2D eigenvalue weighted by Crippen LogP contribution is -2.14. The number of aromatic amines is 1. The van der Waals surface area contributed by atoms with Crippen molar-refractivity contribution >= 4 is 33.3 Å². The summed E-state index contributed by atoms with van der Waals surface area (Å²) in [5.74, 6) is 0.519. The second-order valence-electron chi connectivity index (χ2n) is 3.96. The molecular weight excluding hydrogens is 312 g/mol. The van der Waals surface area contributed by atoms with E-state index in [4.69, 9.17) is 10.5 Å². The average molecular weight is 325 g/mol. The number of halogens is 1. The first-order chi connectivity index (χ1) is 9.01. The molecule has 100 valence electrons. The third-order valence-corrected chi connectivity index (χ3v) is 3.02. The zero-order valence-electron chi connectivity index (χ0n) is 10.5. The van der Waals surface area contributed by atoms with E-state index in [0.717, 1.165) is 10.0 Å². The molecule has 0 bridgehead atoms. The molecule has 1 aromatic carbocycles. The van der Waals surface area contributed by atoms with E-state index in [0.29, 0.717) is 17.1 Å². The molecule has 0 spiro atoms. The zero-order chi connectivity index (χ0) is 14.0. The molecule has 0 atom stereocenters. The second kappa shape index (κ2) is 5.31. The van der Waals surface area contributed by atoms with E-state index in [1.54, 1.807) is 13.2 Å². The van der Waals surface area contributed by atoms with Crippen molar-refractivity contribution in [3.8, 4) is 5.75 Å². The number of aryl methyl sites for hydroxylation is 1. The van der Waals surface area contributed by atoms with Crippen LogP contribution >= 0.6 is 15.9 Å². The number of aromatic nitrogens is 2. The first-order valence-corrected chi connectivity index (χ1v) is 6.27. The number of nitrogen functional groups attached to an aromatic ring is 1. The largest absolute Gasteiger partial charge is 0.495 e. The highest BCUT2D eigenvalue weighted by Gasteiger charge is 2.14. The standard InChI is InChI=1S/C12H13BrN4O2/c1-6-3-7(13)4-9(19-2)11(6)15-12(18)8-5-10(14)17-16-8/h3-5H,1-2H3,(H,15,18)(H3,14,16,17). The van der Waals surface area contributed by atoms with Crippen molar-refractivity contribution in [1.82, 2.24) is 10.2 Å². The minimum atomic E-state index is -0.326. The molecule has 0 saturated heterocycles. The fraction of sp³-hybridized carbons (Fsp3) is 0.167. The number of H-pyrrole nitrogens is 1. The van der Waals surface area contributed by atoms with Crippen molar-refractivity contribution in [2.45, 2.75) is 6.92 Å². The third kappa shape index (κ3) is 2.87. The Balaban J connectivity index is 2.31. The molecule has 2 aromatic rings. The lowest BCUT2D eigenvalue weighted by atomic mass is 10.2. The maximum atomic E-state index is 12.0. The van der Waals surface area contributed by atoms with Crippen LogP contribution in [0, 0.1) is 6.92 Å². The van der Waals surface area contributed by atoms with Crippen LogP contribution in [0.25, 0.3) is 0 Å². The third-order valence-electron chi connectivity index (χ3n) is 2.56. The van der Waals surface area contributed by atoms with Crippen LogP contribution < -0.4 is 15.8 Å². The second-order valence-corrected chi connectivity index (χ2v) is 4.88. The van der Waals surface area contributed by atoms with Gasteiger partial charge in [-0.2, -0.15) is 5.10 Å². The summed E-state index contributed by atoms with van der Waals surface area (Å²) in [5.41, 5.74) is 7.25. The van der Waals surface area contributed by atoms with Crippen molar-refractivity contribution in [1.29, 1.82) is 0 Å². The van der Waals surface area contributed by atoms with Crippen molar-refractivity contribution in [2.75, 3.05) is 18.2 Å². The van der Waals surface area contributed by atoms with Gasteiger partial charge >= 0.3 is 0 Å². The fourth-order valence-electron chi connectivity index (χ4n) is 1.67. The number of carbonyl (C=O) groups excluding carboxylic acids is 1. The van der Waals surface area contributed by atoms with E-state index in [-0.39, 0.29) is 11.7 Å². The molecular formula is C12H13BrN4O2. The van der Waals surface area contributed by atoms with E-state index < -0.39 is 0 Å². The van der Waals surface area contributed by atoms with Crippen LogP contribution in [0.3, 0.4) is 0 Å². The van der Waals surface area contributed by atoms with Gasteiger partial charge in [-0.1, -0.05) is 15.9 Å². The number of hydrogen-bond donors (Lipinski definition) is 3. The smallest absolute Gasteiger partial charge is 0.273 e. The molecule has 0 unspecified atom stereocenters. The van der Waals surface area contributed by atoms with Gasteiger partial charge in [-0.3, -0.25) is 9.89 Å². The number of carbonyl (C=O) groups is 1. The van der Waals surface area contributed by atoms with Gasteiger partial charge < -0.3 is 15.8 Å². The maximum Gasteiger partial charge on any atom is 0.273 e. The Kier molecular flexibility index (Phi) is 3.75. The zero-order valence-corrected chi connectivity index (χ0v) is 12.0. The van der Waals surface area contributed by atoms with Crippen LogP contribution in [-0.4, -0.2) is 23.2 Å². The van der Waals surface area contributed by atoms with Gasteiger partial charge in [0.05, 0.1) is 12.8 Å². The highest BCUT2D eigenvalue weighted by Crippen LogP contribution is 2.32. The van der Waals surface area contributed by atoms with Crippen molar-refractivity contribution < 1.29 is 9.53 Å². The number of hydrogen-bond acceptors (Lipinski definition) is 4. The summed E-state index contributed by atoms with van der Waals surface area (Å²) in [5, 5.41) is 9.04. The Bertz CT molecular complexity index is 624. The molecule has 4 N–H and O–H groups in total. The SMILES string of the molecule is COc1cc(Br)cc(C)c1NC(=O)c1cc(N)n[nH]1. The van der Waals surface area contributed by atoms with Crippen molar-refractivity contribution in [3.05, 3.63) is 33.9 Å². The topological polar surface area (TPSA) is 93.0 Å². The minimum absolute atomic E-state index is 0.268. The Morgan fingerprint density at radius 1 is 1.47 bits per heavy atom. The number of benzene rings is 1. The monoisotopic (exact) mass is 324 g/mol. The molecule has 0 saturated carbocycles. The molecule has 1 amide bonds. The molecule has 6 nitrogen and oxygen atoms in total. The maximum absolute atomic E-state index is 12.0. The lowest BCUT2D eigenvalue weighted by molar-refractivity contribution is 0.102. The Labute approximate surface area is 118 Å². The minimum Gasteiger partial charge on any atom is -0.495 e. The molecule has 1 aromatic heterocycles. The normalized spacial score (nSPS) is 10.3. The summed E-state index contributed by atoms with van der Waals surface area (Å²) in [7, 11) is 1.55.